The maximum atomic E-state index is 11.9. The quantitative estimate of drug-likeness (QED) is 0.812. The summed E-state index contributed by atoms with van der Waals surface area (Å²) in [5.74, 6) is 0. The molecule has 1 aliphatic heterocycles. The van der Waals surface area contributed by atoms with Gasteiger partial charge in [0.15, 0.2) is 0 Å². The summed E-state index contributed by atoms with van der Waals surface area (Å²) in [5, 5.41) is 2.54. The third-order valence-electron chi connectivity index (χ3n) is 2.45. The molecule has 1 heterocycles. The first-order chi connectivity index (χ1) is 8.81. The molecular formula is C12H22N2O5. The van der Waals surface area contributed by atoms with Crippen LogP contribution in [0.3, 0.4) is 0 Å². The highest BCUT2D eigenvalue weighted by atomic mass is 16.6. The summed E-state index contributed by atoms with van der Waals surface area (Å²) in [4.78, 5) is 24.4. The SMILES string of the molecule is COC(=O)NC[C@@H]1CN(C(=O)OC(C)(C)C)CCO1. The standard InChI is InChI=1S/C12H22N2O5/c1-12(2,3)19-11(16)14-5-6-18-9(8-14)7-13-10(15)17-4/h9H,5-8H2,1-4H3,(H,13,15)/t9-/m1/s1. The Kier molecular flexibility index (Phi) is 5.41. The van der Waals surface area contributed by atoms with Crippen molar-refractivity contribution in [2.24, 2.45) is 0 Å². The van der Waals surface area contributed by atoms with Gasteiger partial charge in [0.2, 0.25) is 0 Å². The summed E-state index contributed by atoms with van der Waals surface area (Å²) in [7, 11) is 1.30. The molecule has 0 radical (unpaired) electrons. The van der Waals surface area contributed by atoms with E-state index in [1.54, 1.807) is 4.90 Å². The Balaban J connectivity index is 2.41. The number of methoxy groups -OCH3 is 1. The van der Waals surface area contributed by atoms with Gasteiger partial charge in [-0.25, -0.2) is 9.59 Å². The Bertz CT molecular complexity index is 327. The smallest absolute Gasteiger partial charge is 0.410 e. The van der Waals surface area contributed by atoms with Crippen LogP contribution in [0.5, 0.6) is 0 Å². The van der Waals surface area contributed by atoms with E-state index in [2.05, 4.69) is 10.1 Å². The minimum absolute atomic E-state index is 0.250. The lowest BCUT2D eigenvalue weighted by atomic mass is 10.2. The first kappa shape index (κ1) is 15.6. The first-order valence-corrected chi connectivity index (χ1v) is 6.23. The van der Waals surface area contributed by atoms with Crippen LogP contribution < -0.4 is 5.32 Å². The van der Waals surface area contributed by atoms with Crippen molar-refractivity contribution < 1.29 is 23.8 Å². The first-order valence-electron chi connectivity index (χ1n) is 6.23. The molecule has 7 heteroatoms. The van der Waals surface area contributed by atoms with Crippen LogP contribution in [-0.4, -0.2) is 62.1 Å². The highest BCUT2D eigenvalue weighted by Crippen LogP contribution is 2.12. The normalized spacial score (nSPS) is 19.8. The second-order valence-corrected chi connectivity index (χ2v) is 5.29. The molecule has 0 aromatic rings. The van der Waals surface area contributed by atoms with Gasteiger partial charge in [-0.05, 0) is 20.8 Å². The largest absolute Gasteiger partial charge is 0.453 e. The van der Waals surface area contributed by atoms with Crippen LogP contribution >= 0.6 is 0 Å². The van der Waals surface area contributed by atoms with Crippen LogP contribution in [-0.2, 0) is 14.2 Å². The summed E-state index contributed by atoms with van der Waals surface area (Å²) in [6.45, 7) is 7.06. The zero-order valence-electron chi connectivity index (χ0n) is 11.9. The maximum Gasteiger partial charge on any atom is 0.410 e. The lowest BCUT2D eigenvalue weighted by Crippen LogP contribution is -2.50. The molecule has 0 aliphatic carbocycles. The van der Waals surface area contributed by atoms with Crippen LogP contribution in [0.1, 0.15) is 20.8 Å². The van der Waals surface area contributed by atoms with Crippen molar-refractivity contribution >= 4 is 12.2 Å². The van der Waals surface area contributed by atoms with Crippen LogP contribution in [0.15, 0.2) is 0 Å². The lowest BCUT2D eigenvalue weighted by molar-refractivity contribution is -0.0406. The number of alkyl carbamates (subject to hydrolysis) is 1. The Morgan fingerprint density at radius 2 is 2.11 bits per heavy atom. The molecule has 0 aromatic heterocycles. The van der Waals surface area contributed by atoms with Gasteiger partial charge in [0.1, 0.15) is 5.60 Å². The van der Waals surface area contributed by atoms with Gasteiger partial charge in [0, 0.05) is 13.1 Å². The van der Waals surface area contributed by atoms with Gasteiger partial charge in [0.25, 0.3) is 0 Å². The highest BCUT2D eigenvalue weighted by Gasteiger charge is 2.28. The van der Waals surface area contributed by atoms with Gasteiger partial charge >= 0.3 is 12.2 Å². The van der Waals surface area contributed by atoms with E-state index < -0.39 is 11.7 Å². The molecule has 0 aromatic carbocycles. The molecule has 0 unspecified atom stereocenters. The number of carbonyl (C=O) groups is 2. The highest BCUT2D eigenvalue weighted by molar-refractivity contribution is 5.68. The molecule has 1 atom stereocenters. The predicted octanol–water partition coefficient (Wildman–Crippen LogP) is 0.978. The van der Waals surface area contributed by atoms with Crippen LogP contribution in [0, 0.1) is 0 Å². The van der Waals surface area contributed by atoms with E-state index in [4.69, 9.17) is 9.47 Å². The number of carbonyl (C=O) groups excluding carboxylic acids is 2. The van der Waals surface area contributed by atoms with Crippen LogP contribution in [0.25, 0.3) is 0 Å². The van der Waals surface area contributed by atoms with Gasteiger partial charge in [-0.3, -0.25) is 0 Å². The summed E-state index contributed by atoms with van der Waals surface area (Å²) in [6.07, 6.45) is -1.13. The van der Waals surface area contributed by atoms with Gasteiger partial charge in [-0.1, -0.05) is 0 Å². The minimum Gasteiger partial charge on any atom is -0.453 e. The summed E-state index contributed by atoms with van der Waals surface area (Å²) in [5.41, 5.74) is -0.519. The van der Waals surface area contributed by atoms with Gasteiger partial charge < -0.3 is 24.4 Å². The van der Waals surface area contributed by atoms with Crippen molar-refractivity contribution in [1.82, 2.24) is 10.2 Å². The molecule has 1 saturated heterocycles. The zero-order valence-corrected chi connectivity index (χ0v) is 11.9. The predicted molar refractivity (Wildman–Crippen MR) is 68.0 cm³/mol. The van der Waals surface area contributed by atoms with Crippen molar-refractivity contribution in [2.75, 3.05) is 33.4 Å². The fraction of sp³-hybridized carbons (Fsp3) is 0.833. The molecule has 0 bridgehead atoms. The van der Waals surface area contributed by atoms with E-state index in [-0.39, 0.29) is 12.2 Å². The molecule has 2 amide bonds. The average molecular weight is 274 g/mol. The van der Waals surface area contributed by atoms with Gasteiger partial charge in [-0.2, -0.15) is 0 Å². The number of amides is 2. The fourth-order valence-corrected chi connectivity index (χ4v) is 1.60. The van der Waals surface area contributed by atoms with Crippen molar-refractivity contribution in [2.45, 2.75) is 32.5 Å². The summed E-state index contributed by atoms with van der Waals surface area (Å²) in [6, 6.07) is 0. The number of nitrogens with one attached hydrogen (secondary N) is 1. The fourth-order valence-electron chi connectivity index (χ4n) is 1.60. The van der Waals surface area contributed by atoms with Crippen LogP contribution in [0.2, 0.25) is 0 Å². The van der Waals surface area contributed by atoms with Gasteiger partial charge in [0.05, 0.1) is 26.4 Å². The minimum atomic E-state index is -0.519. The number of hydrogen-bond acceptors (Lipinski definition) is 5. The van der Waals surface area contributed by atoms with Crippen molar-refractivity contribution in [3.8, 4) is 0 Å². The van der Waals surface area contributed by atoms with E-state index in [1.165, 1.54) is 7.11 Å². The van der Waals surface area contributed by atoms with Crippen molar-refractivity contribution in [3.63, 3.8) is 0 Å². The number of ether oxygens (including phenoxy) is 3. The third kappa shape index (κ3) is 5.78. The van der Waals surface area contributed by atoms with Crippen LogP contribution in [0.4, 0.5) is 9.59 Å². The second kappa shape index (κ2) is 6.60. The molecule has 110 valence electrons. The average Bonchev–Trinajstić information content (AvgIpc) is 2.34. The molecule has 7 nitrogen and oxygen atoms in total. The number of hydrogen-bond donors (Lipinski definition) is 1. The monoisotopic (exact) mass is 274 g/mol. The van der Waals surface area contributed by atoms with Gasteiger partial charge in [-0.15, -0.1) is 0 Å². The van der Waals surface area contributed by atoms with Crippen molar-refractivity contribution in [1.29, 1.82) is 0 Å². The third-order valence-corrected chi connectivity index (χ3v) is 2.45. The van der Waals surface area contributed by atoms with E-state index >= 15 is 0 Å². The number of nitrogens with zero attached hydrogens (tertiary/aromatic N) is 1. The Morgan fingerprint density at radius 3 is 2.68 bits per heavy atom. The van der Waals surface area contributed by atoms with E-state index in [0.29, 0.717) is 26.2 Å². The molecule has 1 rings (SSSR count). The molecule has 19 heavy (non-hydrogen) atoms. The second-order valence-electron chi connectivity index (χ2n) is 5.29. The topological polar surface area (TPSA) is 77.1 Å². The Labute approximate surface area is 113 Å². The number of rotatable bonds is 2. The van der Waals surface area contributed by atoms with E-state index in [0.717, 1.165) is 0 Å². The molecule has 1 fully saturated rings. The van der Waals surface area contributed by atoms with E-state index in [1.807, 2.05) is 20.8 Å². The molecule has 1 aliphatic rings. The Morgan fingerprint density at radius 1 is 1.42 bits per heavy atom. The van der Waals surface area contributed by atoms with Crippen molar-refractivity contribution in [3.05, 3.63) is 0 Å². The summed E-state index contributed by atoms with van der Waals surface area (Å²) < 4.78 is 15.2. The lowest BCUT2D eigenvalue weighted by Gasteiger charge is -2.34. The summed E-state index contributed by atoms with van der Waals surface area (Å²) >= 11 is 0. The zero-order chi connectivity index (χ0) is 14.5. The molecule has 0 spiro atoms. The molecule has 1 N–H and O–H groups in total. The Hall–Kier alpha value is -1.50. The maximum absolute atomic E-state index is 11.9. The van der Waals surface area contributed by atoms with E-state index in [9.17, 15) is 9.59 Å². The molecular weight excluding hydrogens is 252 g/mol. The molecule has 0 saturated carbocycles. The number of morpholine rings is 1.